The summed E-state index contributed by atoms with van der Waals surface area (Å²) in [4.78, 5) is 0. The SMILES string of the molecule is OC/C=C/Cc1cccc(Cl)c1. The lowest BCUT2D eigenvalue weighted by atomic mass is 10.1. The van der Waals surface area contributed by atoms with Gasteiger partial charge in [-0.3, -0.25) is 0 Å². The van der Waals surface area contributed by atoms with Gasteiger partial charge in [-0.25, -0.2) is 0 Å². The van der Waals surface area contributed by atoms with Gasteiger partial charge >= 0.3 is 0 Å². The highest BCUT2D eigenvalue weighted by Gasteiger charge is 1.89. The van der Waals surface area contributed by atoms with Gasteiger partial charge in [0.05, 0.1) is 6.61 Å². The monoisotopic (exact) mass is 182 g/mol. The van der Waals surface area contributed by atoms with Crippen LogP contribution in [0.1, 0.15) is 5.56 Å². The van der Waals surface area contributed by atoms with E-state index in [1.54, 1.807) is 6.08 Å². The number of rotatable bonds is 3. The van der Waals surface area contributed by atoms with Gasteiger partial charge < -0.3 is 5.11 Å². The molecule has 0 fully saturated rings. The van der Waals surface area contributed by atoms with Gasteiger partial charge in [-0.05, 0) is 24.1 Å². The topological polar surface area (TPSA) is 20.2 Å². The Labute approximate surface area is 77.3 Å². The van der Waals surface area contributed by atoms with Crippen LogP contribution >= 0.6 is 11.6 Å². The van der Waals surface area contributed by atoms with Crippen LogP contribution in [0.5, 0.6) is 0 Å². The fourth-order valence-electron chi connectivity index (χ4n) is 0.958. The van der Waals surface area contributed by atoms with E-state index in [2.05, 4.69) is 0 Å². The highest BCUT2D eigenvalue weighted by molar-refractivity contribution is 6.30. The molecule has 0 spiro atoms. The van der Waals surface area contributed by atoms with E-state index in [0.29, 0.717) is 0 Å². The van der Waals surface area contributed by atoms with Crippen molar-refractivity contribution in [1.29, 1.82) is 0 Å². The second kappa shape index (κ2) is 4.96. The molecule has 1 nitrogen and oxygen atoms in total. The lowest BCUT2D eigenvalue weighted by Gasteiger charge is -1.95. The van der Waals surface area contributed by atoms with E-state index >= 15 is 0 Å². The Bertz CT molecular complexity index is 268. The van der Waals surface area contributed by atoms with Crippen LogP contribution in [0.25, 0.3) is 0 Å². The van der Waals surface area contributed by atoms with Gasteiger partial charge in [-0.1, -0.05) is 35.9 Å². The summed E-state index contributed by atoms with van der Waals surface area (Å²) in [5.74, 6) is 0. The van der Waals surface area contributed by atoms with Crippen molar-refractivity contribution < 1.29 is 5.11 Å². The maximum Gasteiger partial charge on any atom is 0.0612 e. The zero-order chi connectivity index (χ0) is 8.81. The molecule has 12 heavy (non-hydrogen) atoms. The van der Waals surface area contributed by atoms with Crippen LogP contribution in [-0.4, -0.2) is 11.7 Å². The molecular weight excluding hydrogens is 172 g/mol. The molecule has 0 aliphatic heterocycles. The molecule has 0 aliphatic carbocycles. The number of hydrogen-bond acceptors (Lipinski definition) is 1. The van der Waals surface area contributed by atoms with Crippen molar-refractivity contribution >= 4 is 11.6 Å². The summed E-state index contributed by atoms with van der Waals surface area (Å²) in [6, 6.07) is 7.70. The van der Waals surface area contributed by atoms with Gasteiger partial charge in [0.15, 0.2) is 0 Å². The fraction of sp³-hybridized carbons (Fsp3) is 0.200. The number of benzene rings is 1. The van der Waals surface area contributed by atoms with Gasteiger partial charge in [-0.2, -0.15) is 0 Å². The highest BCUT2D eigenvalue weighted by Crippen LogP contribution is 2.11. The highest BCUT2D eigenvalue weighted by atomic mass is 35.5. The van der Waals surface area contributed by atoms with Crippen molar-refractivity contribution in [3.05, 3.63) is 47.0 Å². The van der Waals surface area contributed by atoms with Crippen molar-refractivity contribution in [2.24, 2.45) is 0 Å². The molecule has 0 saturated heterocycles. The fourth-order valence-corrected chi connectivity index (χ4v) is 1.17. The van der Waals surface area contributed by atoms with Gasteiger partial charge in [0.1, 0.15) is 0 Å². The molecule has 0 amide bonds. The minimum atomic E-state index is 0.0978. The lowest BCUT2D eigenvalue weighted by Crippen LogP contribution is -1.80. The minimum absolute atomic E-state index is 0.0978. The number of aliphatic hydroxyl groups excluding tert-OH is 1. The normalized spacial score (nSPS) is 10.8. The maximum absolute atomic E-state index is 8.49. The maximum atomic E-state index is 8.49. The van der Waals surface area contributed by atoms with Crippen molar-refractivity contribution in [2.45, 2.75) is 6.42 Å². The largest absolute Gasteiger partial charge is 0.392 e. The second-order valence-electron chi connectivity index (χ2n) is 2.49. The molecule has 64 valence electrons. The van der Waals surface area contributed by atoms with Crippen LogP contribution in [0.15, 0.2) is 36.4 Å². The van der Waals surface area contributed by atoms with Crippen molar-refractivity contribution in [3.8, 4) is 0 Å². The van der Waals surface area contributed by atoms with Crippen LogP contribution < -0.4 is 0 Å². The summed E-state index contributed by atoms with van der Waals surface area (Å²) >= 11 is 5.78. The second-order valence-corrected chi connectivity index (χ2v) is 2.92. The summed E-state index contributed by atoms with van der Waals surface area (Å²) in [6.07, 6.45) is 4.47. The van der Waals surface area contributed by atoms with Crippen LogP contribution in [0.2, 0.25) is 5.02 Å². The third-order valence-electron chi connectivity index (χ3n) is 1.51. The summed E-state index contributed by atoms with van der Waals surface area (Å²) in [5.41, 5.74) is 1.16. The predicted octanol–water partition coefficient (Wildman–Crippen LogP) is 2.43. The number of allylic oxidation sites excluding steroid dienone is 1. The number of aliphatic hydroxyl groups is 1. The average Bonchev–Trinajstić information content (AvgIpc) is 2.05. The van der Waals surface area contributed by atoms with E-state index in [4.69, 9.17) is 16.7 Å². The Balaban J connectivity index is 2.57. The van der Waals surface area contributed by atoms with Crippen LogP contribution in [0.3, 0.4) is 0 Å². The Morgan fingerprint density at radius 3 is 2.83 bits per heavy atom. The first-order valence-corrected chi connectivity index (χ1v) is 4.21. The smallest absolute Gasteiger partial charge is 0.0612 e. The first-order valence-electron chi connectivity index (χ1n) is 3.83. The third-order valence-corrected chi connectivity index (χ3v) is 1.75. The van der Waals surface area contributed by atoms with E-state index in [0.717, 1.165) is 17.0 Å². The molecule has 0 atom stereocenters. The third kappa shape index (κ3) is 3.07. The quantitative estimate of drug-likeness (QED) is 0.712. The molecule has 1 N–H and O–H groups in total. The molecule has 0 radical (unpaired) electrons. The van der Waals surface area contributed by atoms with Crippen molar-refractivity contribution in [2.75, 3.05) is 6.61 Å². The van der Waals surface area contributed by atoms with E-state index < -0.39 is 0 Å². The molecule has 0 saturated carbocycles. The van der Waals surface area contributed by atoms with Crippen LogP contribution in [0.4, 0.5) is 0 Å². The minimum Gasteiger partial charge on any atom is -0.392 e. The standard InChI is InChI=1S/C10H11ClO/c11-10-6-3-5-9(8-10)4-1-2-7-12/h1-3,5-6,8,12H,4,7H2/b2-1+. The molecule has 1 aromatic rings. The first kappa shape index (κ1) is 9.30. The van der Waals surface area contributed by atoms with Crippen molar-refractivity contribution in [1.82, 2.24) is 0 Å². The van der Waals surface area contributed by atoms with E-state index in [1.807, 2.05) is 30.3 Å². The first-order chi connectivity index (χ1) is 5.83. The Morgan fingerprint density at radius 1 is 1.33 bits per heavy atom. The predicted molar refractivity (Wildman–Crippen MR) is 51.4 cm³/mol. The molecule has 1 aromatic carbocycles. The molecule has 0 aliphatic rings. The number of halogens is 1. The van der Waals surface area contributed by atoms with Gasteiger partial charge in [0.2, 0.25) is 0 Å². The van der Waals surface area contributed by atoms with E-state index in [9.17, 15) is 0 Å². The molecular formula is C10H11ClO. The molecule has 0 aromatic heterocycles. The Hall–Kier alpha value is -0.790. The summed E-state index contributed by atoms with van der Waals surface area (Å²) in [5, 5.41) is 9.24. The van der Waals surface area contributed by atoms with Crippen molar-refractivity contribution in [3.63, 3.8) is 0 Å². The molecule has 1 rings (SSSR count). The molecule has 0 unspecified atom stereocenters. The van der Waals surface area contributed by atoms with E-state index in [-0.39, 0.29) is 6.61 Å². The molecule has 2 heteroatoms. The van der Waals surface area contributed by atoms with E-state index in [1.165, 1.54) is 0 Å². The lowest BCUT2D eigenvalue weighted by molar-refractivity contribution is 0.342. The average molecular weight is 183 g/mol. The Kier molecular flexibility index (Phi) is 3.85. The molecule has 0 heterocycles. The van der Waals surface area contributed by atoms with Gasteiger partial charge in [0.25, 0.3) is 0 Å². The zero-order valence-electron chi connectivity index (χ0n) is 6.70. The summed E-state index contributed by atoms with van der Waals surface area (Å²) < 4.78 is 0. The van der Waals surface area contributed by atoms with Gasteiger partial charge in [-0.15, -0.1) is 0 Å². The van der Waals surface area contributed by atoms with Crippen LogP contribution in [0, 0.1) is 0 Å². The Morgan fingerprint density at radius 2 is 2.17 bits per heavy atom. The van der Waals surface area contributed by atoms with Gasteiger partial charge in [0, 0.05) is 5.02 Å². The van der Waals surface area contributed by atoms with Crippen LogP contribution in [-0.2, 0) is 6.42 Å². The summed E-state index contributed by atoms with van der Waals surface area (Å²) in [7, 11) is 0. The zero-order valence-corrected chi connectivity index (χ0v) is 7.46. The molecule has 0 bridgehead atoms. The summed E-state index contributed by atoms with van der Waals surface area (Å²) in [6.45, 7) is 0.0978. The number of hydrogen-bond donors (Lipinski definition) is 1.